The highest BCUT2D eigenvalue weighted by atomic mass is 32.2. The maximum Gasteiger partial charge on any atom is 0.339 e. The van der Waals surface area contributed by atoms with Crippen LogP contribution in [0, 0.1) is 0 Å². The molecule has 23 heavy (non-hydrogen) atoms. The molecule has 6 heteroatoms. The van der Waals surface area contributed by atoms with Crippen molar-refractivity contribution in [2.45, 2.75) is 63.2 Å². The Labute approximate surface area is 139 Å². The Kier molecular flexibility index (Phi) is 8.87. The first kappa shape index (κ1) is 19.6. The minimum atomic E-state index is -3.93. The van der Waals surface area contributed by atoms with Crippen molar-refractivity contribution in [2.75, 3.05) is 6.61 Å². The number of sulfonamides is 1. The van der Waals surface area contributed by atoms with E-state index in [9.17, 15) is 13.2 Å². The molecule has 0 spiro atoms. The molecule has 1 rings (SSSR count). The zero-order valence-electron chi connectivity index (χ0n) is 13.8. The van der Waals surface area contributed by atoms with Gasteiger partial charge in [0.1, 0.15) is 0 Å². The fourth-order valence-electron chi connectivity index (χ4n) is 2.36. The van der Waals surface area contributed by atoms with Crippen LogP contribution >= 0.6 is 0 Å². The van der Waals surface area contributed by atoms with Crippen LogP contribution < -0.4 is 5.14 Å². The fraction of sp³-hybridized carbons (Fsp3) is 0.588. The molecule has 1 aromatic rings. The number of hydrogen-bond acceptors (Lipinski definition) is 4. The van der Waals surface area contributed by atoms with E-state index in [-0.39, 0.29) is 10.5 Å². The summed E-state index contributed by atoms with van der Waals surface area (Å²) < 4.78 is 28.1. The van der Waals surface area contributed by atoms with Gasteiger partial charge in [-0.05, 0) is 18.6 Å². The summed E-state index contributed by atoms with van der Waals surface area (Å²) in [6, 6.07) is 5.83. The number of nitrogens with two attached hydrogens (primary N) is 1. The molecule has 0 unspecified atom stereocenters. The second-order valence-electron chi connectivity index (χ2n) is 5.65. The first-order chi connectivity index (χ1) is 11.0. The van der Waals surface area contributed by atoms with Crippen LogP contribution in [0.5, 0.6) is 0 Å². The van der Waals surface area contributed by atoms with Crippen LogP contribution in [0.15, 0.2) is 29.2 Å². The molecule has 0 radical (unpaired) electrons. The van der Waals surface area contributed by atoms with Crippen molar-refractivity contribution in [3.63, 3.8) is 0 Å². The Hall–Kier alpha value is -1.40. The first-order valence-electron chi connectivity index (χ1n) is 8.25. The summed E-state index contributed by atoms with van der Waals surface area (Å²) in [7, 11) is -3.93. The quantitative estimate of drug-likeness (QED) is 0.492. The van der Waals surface area contributed by atoms with Gasteiger partial charge in [0.2, 0.25) is 10.0 Å². The highest BCUT2D eigenvalue weighted by Crippen LogP contribution is 2.15. The van der Waals surface area contributed by atoms with Gasteiger partial charge in [0.25, 0.3) is 0 Å². The monoisotopic (exact) mass is 341 g/mol. The Morgan fingerprint density at radius 2 is 1.57 bits per heavy atom. The number of esters is 1. The molecule has 0 heterocycles. The topological polar surface area (TPSA) is 86.5 Å². The van der Waals surface area contributed by atoms with Crippen molar-refractivity contribution >= 4 is 16.0 Å². The lowest BCUT2D eigenvalue weighted by atomic mass is 10.1. The third kappa shape index (κ3) is 7.61. The van der Waals surface area contributed by atoms with Crippen LogP contribution in [0.2, 0.25) is 0 Å². The van der Waals surface area contributed by atoms with Gasteiger partial charge in [0, 0.05) is 0 Å². The molecule has 0 fully saturated rings. The summed E-state index contributed by atoms with van der Waals surface area (Å²) >= 11 is 0. The highest BCUT2D eigenvalue weighted by molar-refractivity contribution is 7.89. The van der Waals surface area contributed by atoms with Crippen LogP contribution in [-0.4, -0.2) is 21.0 Å². The zero-order chi connectivity index (χ0) is 17.1. The first-order valence-corrected chi connectivity index (χ1v) is 9.80. The molecule has 0 saturated carbocycles. The molecule has 0 aliphatic rings. The van der Waals surface area contributed by atoms with Gasteiger partial charge in [-0.15, -0.1) is 0 Å². The average molecular weight is 341 g/mol. The van der Waals surface area contributed by atoms with Gasteiger partial charge < -0.3 is 4.74 Å². The number of unbranched alkanes of at least 4 members (excludes halogenated alkanes) is 7. The highest BCUT2D eigenvalue weighted by Gasteiger charge is 2.19. The van der Waals surface area contributed by atoms with Gasteiger partial charge in [0.15, 0.2) is 0 Å². The Balaban J connectivity index is 2.30. The van der Waals surface area contributed by atoms with Crippen molar-refractivity contribution in [3.8, 4) is 0 Å². The van der Waals surface area contributed by atoms with E-state index in [1.165, 1.54) is 50.3 Å². The second kappa shape index (κ2) is 10.4. The predicted molar refractivity (Wildman–Crippen MR) is 90.7 cm³/mol. The third-order valence-corrected chi connectivity index (χ3v) is 4.61. The van der Waals surface area contributed by atoms with E-state index in [1.54, 1.807) is 6.07 Å². The molecule has 0 aromatic heterocycles. The molecular formula is C17H27NO4S. The molecule has 130 valence electrons. The van der Waals surface area contributed by atoms with Gasteiger partial charge in [-0.2, -0.15) is 0 Å². The van der Waals surface area contributed by atoms with Crippen molar-refractivity contribution < 1.29 is 17.9 Å². The average Bonchev–Trinajstić information content (AvgIpc) is 2.52. The lowest BCUT2D eigenvalue weighted by Gasteiger charge is -2.08. The number of carbonyl (C=O) groups is 1. The molecular weight excluding hydrogens is 314 g/mol. The lowest BCUT2D eigenvalue weighted by molar-refractivity contribution is 0.0493. The van der Waals surface area contributed by atoms with Gasteiger partial charge in [-0.1, -0.05) is 64.0 Å². The lowest BCUT2D eigenvalue weighted by Crippen LogP contribution is -2.18. The van der Waals surface area contributed by atoms with E-state index in [2.05, 4.69) is 6.92 Å². The summed E-state index contributed by atoms with van der Waals surface area (Å²) in [5, 5.41) is 5.10. The van der Waals surface area contributed by atoms with Crippen molar-refractivity contribution in [1.29, 1.82) is 0 Å². The molecule has 1 aromatic carbocycles. The third-order valence-electron chi connectivity index (χ3n) is 3.64. The number of hydrogen-bond donors (Lipinski definition) is 1. The summed E-state index contributed by atoms with van der Waals surface area (Å²) in [5.74, 6) is -0.641. The molecule has 0 aliphatic carbocycles. The number of ether oxygens (including phenoxy) is 1. The minimum absolute atomic E-state index is 0.00503. The summed E-state index contributed by atoms with van der Waals surface area (Å²) in [6.07, 6.45) is 9.23. The Bertz CT molecular complexity index is 584. The van der Waals surface area contributed by atoms with Crippen LogP contribution in [0.3, 0.4) is 0 Å². The summed E-state index contributed by atoms with van der Waals surface area (Å²) in [5.41, 5.74) is -0.00503. The predicted octanol–water partition coefficient (Wildman–Crippen LogP) is 3.63. The number of carbonyl (C=O) groups excluding carboxylic acids is 1. The molecule has 0 amide bonds. The van der Waals surface area contributed by atoms with Crippen molar-refractivity contribution in [2.24, 2.45) is 5.14 Å². The minimum Gasteiger partial charge on any atom is -0.462 e. The fourth-order valence-corrected chi connectivity index (χ4v) is 3.09. The molecule has 0 bridgehead atoms. The van der Waals surface area contributed by atoms with Crippen LogP contribution in [-0.2, 0) is 14.8 Å². The molecule has 0 atom stereocenters. The maximum atomic E-state index is 12.0. The normalized spacial score (nSPS) is 11.4. The standard InChI is InChI=1S/C17H27NO4S/c1-2-3-4-5-6-7-8-11-14-22-17(19)15-12-9-10-13-16(15)23(18,20)21/h9-10,12-13H,2-8,11,14H2,1H3,(H2,18,20,21). The van der Waals surface area contributed by atoms with E-state index in [0.717, 1.165) is 19.3 Å². The summed E-state index contributed by atoms with van der Waals surface area (Å²) in [4.78, 5) is 11.8. The van der Waals surface area contributed by atoms with E-state index in [0.29, 0.717) is 6.61 Å². The van der Waals surface area contributed by atoms with Crippen LogP contribution in [0.25, 0.3) is 0 Å². The van der Waals surface area contributed by atoms with Crippen LogP contribution in [0.4, 0.5) is 0 Å². The number of benzene rings is 1. The van der Waals surface area contributed by atoms with Crippen molar-refractivity contribution in [3.05, 3.63) is 29.8 Å². The molecule has 5 nitrogen and oxygen atoms in total. The SMILES string of the molecule is CCCCCCCCCCOC(=O)c1ccccc1S(N)(=O)=O. The van der Waals surface area contributed by atoms with Gasteiger partial charge in [-0.3, -0.25) is 0 Å². The Morgan fingerprint density at radius 3 is 2.17 bits per heavy atom. The van der Waals surface area contributed by atoms with Crippen molar-refractivity contribution in [1.82, 2.24) is 0 Å². The number of rotatable bonds is 11. The van der Waals surface area contributed by atoms with E-state index in [1.807, 2.05) is 0 Å². The second-order valence-corrected chi connectivity index (χ2v) is 7.18. The number of primary sulfonamides is 1. The van der Waals surface area contributed by atoms with Gasteiger partial charge >= 0.3 is 5.97 Å². The molecule has 2 N–H and O–H groups in total. The summed E-state index contributed by atoms with van der Waals surface area (Å²) in [6.45, 7) is 2.50. The largest absolute Gasteiger partial charge is 0.462 e. The molecule has 0 aliphatic heterocycles. The van der Waals surface area contributed by atoms with E-state index >= 15 is 0 Å². The smallest absolute Gasteiger partial charge is 0.339 e. The van der Waals surface area contributed by atoms with E-state index < -0.39 is 16.0 Å². The van der Waals surface area contributed by atoms with E-state index in [4.69, 9.17) is 9.88 Å². The zero-order valence-corrected chi connectivity index (χ0v) is 14.6. The molecule has 0 saturated heterocycles. The van der Waals surface area contributed by atoms with Gasteiger partial charge in [0.05, 0.1) is 17.1 Å². The van der Waals surface area contributed by atoms with Crippen LogP contribution in [0.1, 0.15) is 68.6 Å². The van der Waals surface area contributed by atoms with Gasteiger partial charge in [-0.25, -0.2) is 18.4 Å². The maximum absolute atomic E-state index is 12.0. The Morgan fingerprint density at radius 1 is 1.00 bits per heavy atom.